The van der Waals surface area contributed by atoms with Gasteiger partial charge in [0.2, 0.25) is 10.0 Å². The molecule has 1 saturated carbocycles. The average molecular weight is 491 g/mol. The highest BCUT2D eigenvalue weighted by molar-refractivity contribution is 7.89. The lowest BCUT2D eigenvalue weighted by Crippen LogP contribution is -2.35. The Hall–Kier alpha value is -3.76. The Kier molecular flexibility index (Phi) is 5.78. The molecule has 0 bridgehead atoms. The second kappa shape index (κ2) is 8.79. The molecule has 0 saturated heterocycles. The van der Waals surface area contributed by atoms with E-state index in [1.807, 2.05) is 48.9 Å². The zero-order valence-corrected chi connectivity index (χ0v) is 19.8. The SMILES string of the molecule is Nc1ccc(-c2ncc(C3(c4c[nH]c5cc(C(=O)NCCS(N)(=O)=O)ccc45)CCC3)cn2)cc1. The molecule has 180 valence electrons. The number of nitrogens with one attached hydrogen (secondary N) is 2. The number of benzene rings is 2. The van der Waals surface area contributed by atoms with Gasteiger partial charge in [-0.2, -0.15) is 0 Å². The normalized spacial score (nSPS) is 15.0. The third-order valence-corrected chi connectivity index (χ3v) is 7.49. The van der Waals surface area contributed by atoms with Crippen LogP contribution in [0.5, 0.6) is 0 Å². The van der Waals surface area contributed by atoms with E-state index in [-0.39, 0.29) is 23.6 Å². The minimum absolute atomic E-state index is 0.0405. The molecule has 1 aliphatic rings. The number of hydrogen-bond acceptors (Lipinski definition) is 6. The lowest BCUT2D eigenvalue weighted by molar-refractivity contribution is 0.0956. The van der Waals surface area contributed by atoms with Crippen molar-refractivity contribution in [1.82, 2.24) is 20.3 Å². The van der Waals surface area contributed by atoms with Crippen molar-refractivity contribution in [2.45, 2.75) is 24.7 Å². The van der Waals surface area contributed by atoms with Gasteiger partial charge in [-0.1, -0.05) is 12.5 Å². The van der Waals surface area contributed by atoms with Crippen LogP contribution in [0, 0.1) is 0 Å². The van der Waals surface area contributed by atoms with Gasteiger partial charge in [-0.15, -0.1) is 0 Å². The number of anilines is 1. The molecule has 35 heavy (non-hydrogen) atoms. The summed E-state index contributed by atoms with van der Waals surface area (Å²) in [6.07, 6.45) is 8.89. The summed E-state index contributed by atoms with van der Waals surface area (Å²) < 4.78 is 22.2. The summed E-state index contributed by atoms with van der Waals surface area (Å²) in [5, 5.41) is 8.62. The van der Waals surface area contributed by atoms with Crippen molar-refractivity contribution in [3.8, 4) is 11.4 Å². The van der Waals surface area contributed by atoms with Gasteiger partial charge in [0.05, 0.1) is 5.75 Å². The molecule has 1 aliphatic carbocycles. The van der Waals surface area contributed by atoms with E-state index in [4.69, 9.17) is 10.9 Å². The maximum Gasteiger partial charge on any atom is 0.251 e. The van der Waals surface area contributed by atoms with Crippen molar-refractivity contribution < 1.29 is 13.2 Å². The molecule has 2 heterocycles. The monoisotopic (exact) mass is 490 g/mol. The molecule has 0 unspecified atom stereocenters. The highest BCUT2D eigenvalue weighted by Gasteiger charge is 2.42. The zero-order valence-electron chi connectivity index (χ0n) is 19.0. The number of amides is 1. The van der Waals surface area contributed by atoms with Crippen LogP contribution in [0.4, 0.5) is 5.69 Å². The first-order chi connectivity index (χ1) is 16.7. The number of H-pyrrole nitrogens is 1. The van der Waals surface area contributed by atoms with Gasteiger partial charge >= 0.3 is 0 Å². The van der Waals surface area contributed by atoms with Crippen LogP contribution in [0.3, 0.4) is 0 Å². The third kappa shape index (κ3) is 4.50. The Morgan fingerprint density at radius 1 is 1.09 bits per heavy atom. The molecule has 2 aromatic carbocycles. The number of primary sulfonamides is 1. The lowest BCUT2D eigenvalue weighted by atomic mass is 9.61. The third-order valence-electron chi connectivity index (χ3n) is 6.71. The maximum atomic E-state index is 12.5. The molecule has 1 fully saturated rings. The smallest absolute Gasteiger partial charge is 0.251 e. The van der Waals surface area contributed by atoms with Crippen LogP contribution in [-0.4, -0.2) is 41.6 Å². The largest absolute Gasteiger partial charge is 0.399 e. The van der Waals surface area contributed by atoms with Gasteiger partial charge in [0.15, 0.2) is 5.82 Å². The predicted molar refractivity (Wildman–Crippen MR) is 135 cm³/mol. The van der Waals surface area contributed by atoms with Crippen molar-refractivity contribution in [1.29, 1.82) is 0 Å². The van der Waals surface area contributed by atoms with Gasteiger partial charge in [0.25, 0.3) is 5.91 Å². The van der Waals surface area contributed by atoms with Crippen LogP contribution in [0.2, 0.25) is 0 Å². The summed E-state index contributed by atoms with van der Waals surface area (Å²) in [5.41, 5.74) is 10.7. The Morgan fingerprint density at radius 2 is 1.80 bits per heavy atom. The van der Waals surface area contributed by atoms with E-state index in [0.29, 0.717) is 17.1 Å². The van der Waals surface area contributed by atoms with Crippen LogP contribution in [0.25, 0.3) is 22.3 Å². The van der Waals surface area contributed by atoms with Crippen LogP contribution < -0.4 is 16.2 Å². The van der Waals surface area contributed by atoms with Gasteiger partial charge in [0, 0.05) is 58.3 Å². The fourth-order valence-corrected chi connectivity index (χ4v) is 5.06. The second-order valence-corrected chi connectivity index (χ2v) is 10.7. The van der Waals surface area contributed by atoms with Crippen molar-refractivity contribution in [3.63, 3.8) is 0 Å². The maximum absolute atomic E-state index is 12.5. The van der Waals surface area contributed by atoms with E-state index in [2.05, 4.69) is 20.3 Å². The van der Waals surface area contributed by atoms with Crippen LogP contribution in [0.15, 0.2) is 61.1 Å². The number of carbonyl (C=O) groups is 1. The molecule has 6 N–H and O–H groups in total. The standard InChI is InChI=1S/C25H26N6O3S/c26-19-5-2-16(3-6-19)23-30-13-18(14-31-23)25(8-1-9-25)21-15-29-22-12-17(4-7-20(21)22)24(32)28-10-11-35(27,33)34/h2-7,12-15,29H,1,8-11,26H2,(H,28,32)(H2,27,33,34). The molecule has 9 nitrogen and oxygen atoms in total. The zero-order chi connectivity index (χ0) is 24.6. The van der Waals surface area contributed by atoms with E-state index in [1.165, 1.54) is 0 Å². The molecule has 4 aromatic rings. The first kappa shape index (κ1) is 23.0. The highest BCUT2D eigenvalue weighted by Crippen LogP contribution is 2.50. The van der Waals surface area contributed by atoms with Crippen molar-refractivity contribution in [2.75, 3.05) is 18.0 Å². The summed E-state index contributed by atoms with van der Waals surface area (Å²) in [6.45, 7) is -0.0405. The van der Waals surface area contributed by atoms with Crippen molar-refractivity contribution >= 4 is 32.5 Å². The number of aromatic amines is 1. The van der Waals surface area contributed by atoms with E-state index >= 15 is 0 Å². The quantitative estimate of drug-likeness (QED) is 0.292. The molecule has 0 spiro atoms. The number of nitrogens with zero attached hydrogens (tertiary/aromatic N) is 2. The molecule has 10 heteroatoms. The van der Waals surface area contributed by atoms with Crippen molar-refractivity contribution in [3.05, 3.63) is 77.7 Å². The number of fused-ring (bicyclic) bond motifs is 1. The van der Waals surface area contributed by atoms with E-state index in [9.17, 15) is 13.2 Å². The second-order valence-electron chi connectivity index (χ2n) is 8.94. The fraction of sp³-hybridized carbons (Fsp3) is 0.240. The molecule has 5 rings (SSSR count). The molecule has 2 aromatic heterocycles. The minimum Gasteiger partial charge on any atom is -0.399 e. The van der Waals surface area contributed by atoms with E-state index < -0.39 is 10.0 Å². The summed E-state index contributed by atoms with van der Waals surface area (Å²) in [4.78, 5) is 25.0. The Bertz CT molecular complexity index is 1490. The van der Waals surface area contributed by atoms with Gasteiger partial charge in [-0.3, -0.25) is 4.79 Å². The summed E-state index contributed by atoms with van der Waals surface area (Å²) in [5.74, 6) is -0.00744. The molecular weight excluding hydrogens is 464 g/mol. The first-order valence-electron chi connectivity index (χ1n) is 11.3. The number of hydrogen-bond donors (Lipinski definition) is 4. The number of aromatic nitrogens is 3. The topological polar surface area (TPSA) is 157 Å². The Morgan fingerprint density at radius 3 is 2.43 bits per heavy atom. The number of rotatable bonds is 7. The Labute approximate surface area is 203 Å². The van der Waals surface area contributed by atoms with Crippen LogP contribution in [0.1, 0.15) is 40.7 Å². The van der Waals surface area contributed by atoms with Gasteiger partial charge < -0.3 is 16.0 Å². The number of nitrogen functional groups attached to an aromatic ring is 1. The summed E-state index contributed by atoms with van der Waals surface area (Å²) in [6, 6.07) is 12.9. The predicted octanol–water partition coefficient (Wildman–Crippen LogP) is 2.70. The summed E-state index contributed by atoms with van der Waals surface area (Å²) in [7, 11) is -3.63. The van der Waals surface area contributed by atoms with Gasteiger partial charge in [-0.25, -0.2) is 23.5 Å². The molecule has 0 aliphatic heterocycles. The van der Waals surface area contributed by atoms with Gasteiger partial charge in [-0.05, 0) is 60.4 Å². The molecule has 0 atom stereocenters. The lowest BCUT2D eigenvalue weighted by Gasteiger charge is -2.42. The number of nitrogens with two attached hydrogens (primary N) is 2. The number of carbonyl (C=O) groups excluding carboxylic acids is 1. The Balaban J connectivity index is 1.40. The number of sulfonamides is 1. The molecular formula is C25H26N6O3S. The fourth-order valence-electron chi connectivity index (χ4n) is 4.67. The molecule has 0 radical (unpaired) electrons. The average Bonchev–Trinajstić information content (AvgIpc) is 3.22. The van der Waals surface area contributed by atoms with E-state index in [1.54, 1.807) is 12.1 Å². The van der Waals surface area contributed by atoms with Gasteiger partial charge in [0.1, 0.15) is 0 Å². The van der Waals surface area contributed by atoms with Crippen molar-refractivity contribution in [2.24, 2.45) is 5.14 Å². The van der Waals surface area contributed by atoms with E-state index in [0.717, 1.165) is 46.9 Å². The minimum atomic E-state index is -3.63. The highest BCUT2D eigenvalue weighted by atomic mass is 32.2. The molecule has 1 amide bonds. The first-order valence-corrected chi connectivity index (χ1v) is 13.1. The van der Waals surface area contributed by atoms with Crippen LogP contribution >= 0.6 is 0 Å². The summed E-state index contributed by atoms with van der Waals surface area (Å²) >= 11 is 0. The van der Waals surface area contributed by atoms with Crippen LogP contribution in [-0.2, 0) is 15.4 Å².